The lowest BCUT2D eigenvalue weighted by molar-refractivity contribution is -0.139. The number of rotatable bonds is 3. The number of nitrogens with zero attached hydrogens (tertiary/aromatic N) is 1. The molecule has 0 spiro atoms. The number of hydrogen-bond acceptors (Lipinski definition) is 4. The molecule has 2 aliphatic rings. The van der Waals surface area contributed by atoms with Gasteiger partial charge in [-0.05, 0) is 31.6 Å². The number of aliphatic imine (C=N–C) groups is 1. The fourth-order valence-electron chi connectivity index (χ4n) is 3.84. The quantitative estimate of drug-likeness (QED) is 0.749. The zero-order valence-electron chi connectivity index (χ0n) is 14.5. The molecule has 0 bridgehead atoms. The van der Waals surface area contributed by atoms with E-state index < -0.39 is 0 Å². The Hall–Kier alpha value is -1.45. The monoisotopic (exact) mass is 305 g/mol. The van der Waals surface area contributed by atoms with E-state index in [1.165, 1.54) is 0 Å². The average molecular weight is 305 g/mol. The number of hydrogen-bond donors (Lipinski definition) is 0. The van der Waals surface area contributed by atoms with E-state index in [1.807, 2.05) is 6.92 Å². The minimum absolute atomic E-state index is 0.0460. The third-order valence-corrected chi connectivity index (χ3v) is 4.63. The van der Waals surface area contributed by atoms with Crippen molar-refractivity contribution in [1.29, 1.82) is 0 Å². The van der Waals surface area contributed by atoms with Crippen LogP contribution >= 0.6 is 0 Å². The summed E-state index contributed by atoms with van der Waals surface area (Å²) in [6, 6.07) is 0. The van der Waals surface area contributed by atoms with Gasteiger partial charge in [0, 0.05) is 23.7 Å². The van der Waals surface area contributed by atoms with E-state index >= 15 is 0 Å². The molecule has 1 heterocycles. The molecular formula is C18H27NO3. The van der Waals surface area contributed by atoms with Crippen LogP contribution in [0.1, 0.15) is 54.4 Å². The summed E-state index contributed by atoms with van der Waals surface area (Å²) in [6.07, 6.45) is 1.37. The van der Waals surface area contributed by atoms with E-state index in [1.54, 1.807) is 6.92 Å². The third kappa shape index (κ3) is 3.01. The summed E-state index contributed by atoms with van der Waals surface area (Å²) >= 11 is 0. The van der Waals surface area contributed by atoms with Gasteiger partial charge >= 0.3 is 5.97 Å². The molecule has 0 amide bonds. The third-order valence-electron chi connectivity index (χ3n) is 4.63. The second-order valence-corrected chi connectivity index (χ2v) is 7.55. The highest BCUT2D eigenvalue weighted by Gasteiger charge is 2.47. The number of ether oxygens (including phenoxy) is 1. The van der Waals surface area contributed by atoms with Crippen molar-refractivity contribution in [3.63, 3.8) is 0 Å². The van der Waals surface area contributed by atoms with Crippen molar-refractivity contribution in [3.05, 3.63) is 11.3 Å². The number of esters is 1. The number of carbonyl (C=O) groups is 2. The molecule has 1 aliphatic carbocycles. The van der Waals surface area contributed by atoms with Crippen LogP contribution in [0.2, 0.25) is 0 Å². The van der Waals surface area contributed by atoms with Gasteiger partial charge in [0.2, 0.25) is 0 Å². The molecule has 0 saturated heterocycles. The molecule has 122 valence electrons. The second-order valence-electron chi connectivity index (χ2n) is 7.55. The predicted octanol–water partition coefficient (Wildman–Crippen LogP) is 3.56. The van der Waals surface area contributed by atoms with E-state index in [9.17, 15) is 9.59 Å². The van der Waals surface area contributed by atoms with Crippen LogP contribution in [0, 0.1) is 23.2 Å². The van der Waals surface area contributed by atoms with Gasteiger partial charge in [-0.3, -0.25) is 9.79 Å². The van der Waals surface area contributed by atoms with Crippen LogP contribution < -0.4 is 0 Å². The summed E-state index contributed by atoms with van der Waals surface area (Å²) in [5.41, 5.74) is 2.22. The lowest BCUT2D eigenvalue weighted by Crippen LogP contribution is -2.46. The highest BCUT2D eigenvalue weighted by atomic mass is 16.5. The highest BCUT2D eigenvalue weighted by Crippen LogP contribution is 2.45. The Morgan fingerprint density at radius 2 is 2.00 bits per heavy atom. The largest absolute Gasteiger partial charge is 0.463 e. The molecule has 0 aromatic rings. The maximum absolute atomic E-state index is 12.7. The van der Waals surface area contributed by atoms with Gasteiger partial charge in [0.1, 0.15) is 5.78 Å². The fraction of sp³-hybridized carbons (Fsp3) is 0.722. The molecule has 4 heteroatoms. The molecule has 0 N–H and O–H groups in total. The molecule has 0 aromatic carbocycles. The molecule has 4 nitrogen and oxygen atoms in total. The first-order valence-electron chi connectivity index (χ1n) is 8.16. The number of carbonyl (C=O) groups excluding carboxylic acids is 2. The number of allylic oxidation sites excluding steroid dienone is 1. The van der Waals surface area contributed by atoms with Crippen molar-refractivity contribution < 1.29 is 14.3 Å². The summed E-state index contributed by atoms with van der Waals surface area (Å²) in [6.45, 7) is 12.3. The Balaban J connectivity index is 2.52. The summed E-state index contributed by atoms with van der Waals surface area (Å²) in [5.74, 6) is -0.288. The molecule has 0 radical (unpaired) electrons. The number of fused-ring (bicyclic) bond motifs is 1. The molecule has 2 atom stereocenters. The number of Topliss-reactive ketones (excluding diaryl/α,β-unsaturated/α-hetero) is 1. The van der Waals surface area contributed by atoms with E-state index in [2.05, 4.69) is 32.7 Å². The van der Waals surface area contributed by atoms with Crippen LogP contribution in [-0.2, 0) is 14.3 Å². The summed E-state index contributed by atoms with van der Waals surface area (Å²) < 4.78 is 5.21. The minimum atomic E-state index is -0.320. The molecule has 1 saturated carbocycles. The molecule has 2 unspecified atom stereocenters. The smallest absolute Gasteiger partial charge is 0.336 e. The zero-order valence-corrected chi connectivity index (χ0v) is 14.5. The SMILES string of the molecule is CCOC(=O)C1=C(C)N=C2CC(C)(C)CC(=O)C2C1C(C)C. The van der Waals surface area contributed by atoms with Gasteiger partial charge in [-0.25, -0.2) is 4.79 Å². The van der Waals surface area contributed by atoms with Gasteiger partial charge in [-0.1, -0.05) is 27.7 Å². The van der Waals surface area contributed by atoms with Gasteiger partial charge in [-0.2, -0.15) is 0 Å². The van der Waals surface area contributed by atoms with Gasteiger partial charge < -0.3 is 4.74 Å². The summed E-state index contributed by atoms with van der Waals surface area (Å²) in [7, 11) is 0. The van der Waals surface area contributed by atoms with Gasteiger partial charge in [0.25, 0.3) is 0 Å². The average Bonchev–Trinajstić information content (AvgIpc) is 2.35. The molecule has 22 heavy (non-hydrogen) atoms. The van der Waals surface area contributed by atoms with E-state index in [-0.39, 0.29) is 34.9 Å². The van der Waals surface area contributed by atoms with Crippen LogP contribution in [-0.4, -0.2) is 24.1 Å². The lowest BCUT2D eigenvalue weighted by Gasteiger charge is -2.42. The van der Waals surface area contributed by atoms with Gasteiger partial charge in [0.15, 0.2) is 0 Å². The molecule has 0 aromatic heterocycles. The second kappa shape index (κ2) is 5.98. The lowest BCUT2D eigenvalue weighted by atomic mass is 9.62. The van der Waals surface area contributed by atoms with Crippen molar-refractivity contribution in [3.8, 4) is 0 Å². The number of ketones is 1. The fourth-order valence-corrected chi connectivity index (χ4v) is 3.84. The van der Waals surface area contributed by atoms with Gasteiger partial charge in [-0.15, -0.1) is 0 Å². The van der Waals surface area contributed by atoms with Crippen molar-refractivity contribution in [1.82, 2.24) is 0 Å². The highest BCUT2D eigenvalue weighted by molar-refractivity contribution is 6.11. The van der Waals surface area contributed by atoms with Crippen molar-refractivity contribution in [2.45, 2.75) is 54.4 Å². The van der Waals surface area contributed by atoms with Gasteiger partial charge in [0.05, 0.1) is 18.1 Å². The van der Waals surface area contributed by atoms with Crippen molar-refractivity contribution in [2.75, 3.05) is 6.61 Å². The van der Waals surface area contributed by atoms with E-state index in [0.717, 1.165) is 12.1 Å². The Kier molecular flexibility index (Phi) is 4.59. The molecule has 1 fully saturated rings. The van der Waals surface area contributed by atoms with Crippen LogP contribution in [0.4, 0.5) is 0 Å². The van der Waals surface area contributed by atoms with E-state index in [0.29, 0.717) is 24.3 Å². The zero-order chi connectivity index (χ0) is 16.7. The van der Waals surface area contributed by atoms with Crippen LogP contribution in [0.25, 0.3) is 0 Å². The molecule has 1 aliphatic heterocycles. The minimum Gasteiger partial charge on any atom is -0.463 e. The Bertz CT molecular complexity index is 555. The Morgan fingerprint density at radius 1 is 1.36 bits per heavy atom. The van der Waals surface area contributed by atoms with Crippen LogP contribution in [0.15, 0.2) is 16.3 Å². The van der Waals surface area contributed by atoms with Crippen LogP contribution in [0.3, 0.4) is 0 Å². The molecule has 2 rings (SSSR count). The topological polar surface area (TPSA) is 55.7 Å². The first-order chi connectivity index (χ1) is 10.2. The predicted molar refractivity (Wildman–Crippen MR) is 86.6 cm³/mol. The standard InChI is InChI=1S/C18H27NO3/c1-7-22-17(21)15-11(4)19-12-8-18(5,6)9-13(20)16(12)14(15)10(2)3/h10,14,16H,7-9H2,1-6H3. The van der Waals surface area contributed by atoms with E-state index in [4.69, 9.17) is 4.74 Å². The Labute approximate surface area is 133 Å². The summed E-state index contributed by atoms with van der Waals surface area (Å²) in [4.78, 5) is 29.7. The maximum Gasteiger partial charge on any atom is 0.336 e. The normalized spacial score (nSPS) is 27.6. The molecular weight excluding hydrogens is 278 g/mol. The van der Waals surface area contributed by atoms with Crippen molar-refractivity contribution in [2.24, 2.45) is 28.2 Å². The first-order valence-corrected chi connectivity index (χ1v) is 8.16. The first kappa shape index (κ1) is 16.9. The Morgan fingerprint density at radius 3 is 2.55 bits per heavy atom. The van der Waals surface area contributed by atoms with Crippen LogP contribution in [0.5, 0.6) is 0 Å². The van der Waals surface area contributed by atoms with Crippen molar-refractivity contribution >= 4 is 17.5 Å². The summed E-state index contributed by atoms with van der Waals surface area (Å²) in [5, 5.41) is 0. The maximum atomic E-state index is 12.7.